The van der Waals surface area contributed by atoms with E-state index in [1.165, 1.54) is 102 Å². The zero-order chi connectivity index (χ0) is 100. The van der Waals surface area contributed by atoms with E-state index in [2.05, 4.69) is 61.1 Å². The monoisotopic (exact) mass is 2050 g/mol. The van der Waals surface area contributed by atoms with Crippen LogP contribution in [0.1, 0.15) is 53.8 Å². The van der Waals surface area contributed by atoms with E-state index in [1.54, 1.807) is 0 Å². The molecule has 138 heavy (non-hydrogen) atoms. The van der Waals surface area contributed by atoms with Crippen LogP contribution in [-0.2, 0) is 29.4 Å². The number of nitrogens with one attached hydrogen (secondary N) is 1. The third-order valence-corrected chi connectivity index (χ3v) is 19.5. The third-order valence-electron chi connectivity index (χ3n) is 18.1. The van der Waals surface area contributed by atoms with Crippen molar-refractivity contribution in [3.63, 3.8) is 0 Å². The van der Waals surface area contributed by atoms with E-state index in [0.29, 0.717) is 31.1 Å². The number of carbonyl (C=O) groups excluding carboxylic acids is 3. The van der Waals surface area contributed by atoms with E-state index in [0.717, 1.165) is 99.4 Å². The van der Waals surface area contributed by atoms with Crippen LogP contribution in [0.5, 0.6) is 0 Å². The Kier molecular flexibility index (Phi) is 33.5. The Hall–Kier alpha value is -14.9. The van der Waals surface area contributed by atoms with Crippen molar-refractivity contribution in [3.05, 3.63) is 327 Å². The van der Waals surface area contributed by atoms with Crippen molar-refractivity contribution >= 4 is 86.9 Å². The molecular weight excluding hydrogens is 2010 g/mol. The number of aliphatic hydroxyl groups excluding tert-OH is 1. The van der Waals surface area contributed by atoms with Gasteiger partial charge in [-0.2, -0.15) is 73.1 Å². The van der Waals surface area contributed by atoms with Crippen LogP contribution in [0.25, 0.3) is 139 Å². The molecule has 30 nitrogen and oxygen atoms in total. The summed E-state index contributed by atoms with van der Waals surface area (Å²) in [5.41, 5.74) is 6.27. The van der Waals surface area contributed by atoms with E-state index in [4.69, 9.17) is 97.8 Å². The molecule has 0 fully saturated rings. The summed E-state index contributed by atoms with van der Waals surface area (Å²) < 4.78 is 307. The number of aromatic nitrogens is 12. The molecule has 8 aromatic heterocycles. The first-order valence-electron chi connectivity index (χ1n) is 36.6. The number of carboxylic acid groups (broad SMARTS) is 1. The predicted octanol–water partition coefficient (Wildman–Crippen LogP) is 22.8. The maximum absolute atomic E-state index is 14.5. The molecule has 0 saturated heterocycles. The quantitative estimate of drug-likeness (QED) is 0.0202. The summed E-state index contributed by atoms with van der Waals surface area (Å²) in [6, 6.07) is 31.2. The number of rotatable bonds is 16. The first-order chi connectivity index (χ1) is 64.8. The van der Waals surface area contributed by atoms with Gasteiger partial charge in [0.25, 0.3) is 11.1 Å². The zero-order valence-electron chi connectivity index (χ0n) is 68.0. The topological polar surface area (TPSA) is 413 Å². The summed E-state index contributed by atoms with van der Waals surface area (Å²) in [4.78, 5) is 52.4. The van der Waals surface area contributed by atoms with Crippen LogP contribution in [0, 0.1) is 46.5 Å². The first kappa shape index (κ1) is 105. The summed E-state index contributed by atoms with van der Waals surface area (Å²) in [6.45, 7) is 0. The molecule has 8 aromatic carbocycles. The molecule has 0 bridgehead atoms. The molecule has 0 radical (unpaired) electrons. The Bertz CT molecular complexity index is 7080. The molecule has 56 heteroatoms. The fraction of sp³-hybridized carbons (Fsp3) is 0.0732. The van der Waals surface area contributed by atoms with Crippen molar-refractivity contribution in [1.82, 2.24) is 59.7 Å². The van der Waals surface area contributed by atoms with E-state index < -0.39 is 213 Å². The van der Waals surface area contributed by atoms with Crippen LogP contribution in [-0.4, -0.2) is 107 Å². The smallest absolute Gasteiger partial charge is 0.477 e. The van der Waals surface area contributed by atoms with Crippen molar-refractivity contribution in [2.24, 2.45) is 5.11 Å². The first-order valence-corrected chi connectivity index (χ1v) is 38.5. The van der Waals surface area contributed by atoms with Gasteiger partial charge in [-0.25, -0.2) is 63.4 Å². The number of hydrogen-bond acceptors (Lipinski definition) is 18. The molecule has 706 valence electrons. The summed E-state index contributed by atoms with van der Waals surface area (Å²) in [7, 11) is 2.02. The average molecular weight is 2050 g/mol. The van der Waals surface area contributed by atoms with E-state index in [1.807, 2.05) is 0 Å². The van der Waals surface area contributed by atoms with Crippen LogP contribution in [0.3, 0.4) is 0 Å². The summed E-state index contributed by atoms with van der Waals surface area (Å²) in [5, 5.41) is 48.6. The number of methoxy groups -OCH3 is 1. The molecule has 2 amide bonds. The molecule has 0 aliphatic rings. The Balaban J connectivity index is 0.000000186. The number of alkyl halides is 12. The number of nitrogens with zero attached hydrogens (tertiary/aromatic N) is 18. The standard InChI is InChI=1S/C21H12ClF5N4O3.C20H8Cl2F5N3O2.C20H8ClF5N6O2.C20H9ClF5N3O3.CH4O.N3.Na/c1-33-20(32)29-17-16(15-13(22)6-3-7-14(15)24)30-34-18(17)12-9-28-31(19(12)21(25,26)27)11-5-2-4-10(23)8-11;21-12-5-2-6-13(24)14(12)16-15(19(22)31)17(32-29-16)11-8-28-30(18(11)20(25,26)27)10-4-1-3-9(23)7-10;21-12-5-2-6-13(23)14(12)16-15(19(33)29-31-27)17(34-30-16)11-8-28-32(18(11)20(24,25)26)10-4-1-3-9(22)7-10;21-12-5-2-6-13(23)14(12)16-15(19(30)31)17(32-28-16)11-8-27-29(18(11)20(24,25)26)10-4-1-3-9(22)7-10;1-2;1-3-2;/h2-9H,1H3,(H,29,32);1-8H;1-8H;1-8H,(H,30,31);2H,1H3;;/q;;;;;-1;+1. The number of benzene rings is 8. The van der Waals surface area contributed by atoms with Crippen molar-refractivity contribution in [2.45, 2.75) is 24.7 Å². The molecule has 0 atom stereocenters. The van der Waals surface area contributed by atoms with Gasteiger partial charge in [0.2, 0.25) is 0 Å². The molecular formula is C82H41Cl5F20N19NaO11. The predicted molar refractivity (Wildman–Crippen MR) is 443 cm³/mol. The van der Waals surface area contributed by atoms with Gasteiger partial charge in [-0.3, -0.25) is 19.8 Å². The number of halogens is 25. The number of amides is 2. The Morgan fingerprint density at radius 3 is 0.928 bits per heavy atom. The number of azide groups is 1. The van der Waals surface area contributed by atoms with Crippen molar-refractivity contribution in [3.8, 4) is 113 Å². The van der Waals surface area contributed by atoms with Gasteiger partial charge in [-0.15, -0.1) is 0 Å². The molecule has 0 spiro atoms. The number of carbonyl (C=O) groups is 4. The molecule has 0 saturated carbocycles. The van der Waals surface area contributed by atoms with Gasteiger partial charge in [-0.05, 0) is 144 Å². The van der Waals surface area contributed by atoms with E-state index >= 15 is 0 Å². The van der Waals surface area contributed by atoms with E-state index in [-0.39, 0.29) is 89.2 Å². The van der Waals surface area contributed by atoms with Gasteiger partial charge in [0.05, 0.1) is 119 Å². The normalized spacial score (nSPS) is 11.2. The van der Waals surface area contributed by atoms with Gasteiger partial charge in [0.15, 0.2) is 45.8 Å². The second kappa shape index (κ2) is 43.9. The fourth-order valence-corrected chi connectivity index (χ4v) is 14.0. The Morgan fingerprint density at radius 1 is 0.406 bits per heavy atom. The minimum absolute atomic E-state index is 0. The summed E-state index contributed by atoms with van der Waals surface area (Å²) in [5.74, 6) is -13.0. The van der Waals surface area contributed by atoms with Crippen molar-refractivity contribution in [2.75, 3.05) is 19.5 Å². The number of ether oxygens (including phenoxy) is 1. The molecule has 0 unspecified atom stereocenters. The van der Waals surface area contributed by atoms with E-state index in [9.17, 15) is 112 Å². The van der Waals surface area contributed by atoms with Gasteiger partial charge in [0, 0.05) is 12.0 Å². The molecule has 3 N–H and O–H groups in total. The average Bonchev–Trinajstić information content (AvgIpc) is 1.62. The number of anilines is 1. The minimum atomic E-state index is -5.08. The maximum Gasteiger partial charge on any atom is 1.00 e. The van der Waals surface area contributed by atoms with Gasteiger partial charge in [-0.1, -0.05) is 116 Å². The zero-order valence-corrected chi connectivity index (χ0v) is 73.8. The van der Waals surface area contributed by atoms with Crippen LogP contribution < -0.4 is 34.9 Å². The molecule has 16 rings (SSSR count). The van der Waals surface area contributed by atoms with Crippen LogP contribution in [0.2, 0.25) is 20.1 Å². The Morgan fingerprint density at radius 2 is 0.659 bits per heavy atom. The molecule has 0 aliphatic heterocycles. The largest absolute Gasteiger partial charge is 1.00 e. The van der Waals surface area contributed by atoms with Gasteiger partial charge >= 0.3 is 66.3 Å². The molecule has 0 aliphatic carbocycles. The second-order valence-corrected chi connectivity index (χ2v) is 28.3. The van der Waals surface area contributed by atoms with Crippen molar-refractivity contribution < 1.29 is 170 Å². The molecule has 16 aromatic rings. The fourth-order valence-electron chi connectivity index (χ4n) is 12.8. The minimum Gasteiger partial charge on any atom is -0.477 e. The van der Waals surface area contributed by atoms with Crippen LogP contribution >= 0.6 is 58.0 Å². The second-order valence-electron chi connectivity index (χ2n) is 26.3. The van der Waals surface area contributed by atoms with Gasteiger partial charge in [0.1, 0.15) is 91.7 Å². The summed E-state index contributed by atoms with van der Waals surface area (Å²) >= 11 is 29.6. The third kappa shape index (κ3) is 22.6. The SMILES string of the molecule is CO.COC(=O)Nc1c(-c2c(F)cccc2Cl)noc1-c1cnn(-c2cccc(F)c2)c1C(F)(F)F.O=C(Cl)c1c(-c2c(F)cccc2Cl)noc1-c1cnn(-c2cccc(F)c2)c1C(F)(F)F.O=C(O)c1c(-c2c(F)cccc2Cl)noc1-c1cnn(-c2cccc(F)c2)c1C(F)(F)F.[N-]=[N+]=NC(=O)c1c(-c2c(F)cccc2Cl)noc1-c1cnn(-c2cccc(F)c2)c1C(F)(F)F.[N-]=[N+]=[N-].[Na+]. The van der Waals surface area contributed by atoms with Gasteiger partial charge < -0.3 is 44.1 Å². The Labute approximate surface area is 800 Å². The number of carboxylic acids is 1. The number of hydrogen-bond donors (Lipinski definition) is 3. The molecule has 8 heterocycles. The van der Waals surface area contributed by atoms with Crippen LogP contribution in [0.15, 0.2) is 218 Å². The summed E-state index contributed by atoms with van der Waals surface area (Å²) in [6.07, 6.45) is -18.3. The number of aromatic carboxylic acids is 1. The maximum atomic E-state index is 14.5. The van der Waals surface area contributed by atoms with Crippen LogP contribution in [0.4, 0.5) is 98.3 Å². The van der Waals surface area contributed by atoms with Crippen molar-refractivity contribution in [1.29, 1.82) is 0 Å². The number of aliphatic hydroxyl groups is 1.